The Morgan fingerprint density at radius 3 is 3.10 bits per heavy atom. The maximum atomic E-state index is 12.8. The summed E-state index contributed by atoms with van der Waals surface area (Å²) < 4.78 is 5.37. The predicted molar refractivity (Wildman–Crippen MR) is 111 cm³/mol. The highest BCUT2D eigenvalue weighted by Crippen LogP contribution is 2.27. The van der Waals surface area contributed by atoms with Crippen molar-refractivity contribution < 1.29 is 9.53 Å². The van der Waals surface area contributed by atoms with E-state index in [2.05, 4.69) is 30.2 Å². The molecule has 1 atom stereocenters. The van der Waals surface area contributed by atoms with E-state index in [9.17, 15) is 4.79 Å². The Morgan fingerprint density at radius 2 is 2.24 bits per heavy atom. The first-order chi connectivity index (χ1) is 14.2. The zero-order valence-electron chi connectivity index (χ0n) is 16.2. The van der Waals surface area contributed by atoms with Crippen LogP contribution < -0.4 is 15.0 Å². The molecule has 0 unspecified atom stereocenters. The number of ether oxygens (including phenoxy) is 1. The number of nitrogens with one attached hydrogen (secondary N) is 2. The molecule has 0 bridgehead atoms. The fourth-order valence-corrected chi connectivity index (χ4v) is 3.94. The molecule has 4 rings (SSSR count). The minimum absolute atomic E-state index is 0.0607. The molecule has 0 spiro atoms. The standard InChI is InChI=1S/C20H23ClN6O2/c1-29-15-7-3-2-5-13(15)8-9-22-19(28)14-6-4-10-27(11-14)18-16-17(24-12-23-16)25-20(21)26-18/h2-3,5,7,12,14H,4,6,8-11H2,1H3,(H,22,28)(H,23,24,25,26)/t14-/m1/s1. The lowest BCUT2D eigenvalue weighted by Crippen LogP contribution is -2.44. The van der Waals surface area contributed by atoms with Gasteiger partial charge in [0.1, 0.15) is 11.3 Å². The third-order valence-corrected chi connectivity index (χ3v) is 5.39. The Morgan fingerprint density at radius 1 is 1.38 bits per heavy atom. The van der Waals surface area contributed by atoms with Crippen molar-refractivity contribution >= 4 is 34.5 Å². The summed E-state index contributed by atoms with van der Waals surface area (Å²) in [5.41, 5.74) is 2.35. The van der Waals surface area contributed by atoms with Gasteiger partial charge in [0.2, 0.25) is 11.2 Å². The smallest absolute Gasteiger partial charge is 0.226 e. The Hall–Kier alpha value is -2.87. The molecular weight excluding hydrogens is 392 g/mol. The summed E-state index contributed by atoms with van der Waals surface area (Å²) in [4.78, 5) is 30.6. The number of para-hydroxylation sites is 1. The number of aromatic amines is 1. The molecule has 1 amide bonds. The monoisotopic (exact) mass is 414 g/mol. The third kappa shape index (κ3) is 4.27. The van der Waals surface area contributed by atoms with Crippen molar-refractivity contribution in [3.63, 3.8) is 0 Å². The van der Waals surface area contributed by atoms with Gasteiger partial charge in [-0.15, -0.1) is 0 Å². The second-order valence-corrected chi connectivity index (χ2v) is 7.39. The van der Waals surface area contributed by atoms with Crippen LogP contribution in [0.15, 0.2) is 30.6 Å². The van der Waals surface area contributed by atoms with Crippen LogP contribution in [0.5, 0.6) is 5.75 Å². The number of imidazole rings is 1. The van der Waals surface area contributed by atoms with E-state index in [4.69, 9.17) is 16.3 Å². The molecule has 3 heterocycles. The van der Waals surface area contributed by atoms with E-state index in [1.165, 1.54) is 0 Å². The van der Waals surface area contributed by atoms with E-state index in [0.29, 0.717) is 24.6 Å². The van der Waals surface area contributed by atoms with Crippen molar-refractivity contribution in [2.45, 2.75) is 19.3 Å². The Bertz CT molecular complexity index is 1010. The van der Waals surface area contributed by atoms with Gasteiger partial charge in [-0.3, -0.25) is 4.79 Å². The van der Waals surface area contributed by atoms with Gasteiger partial charge >= 0.3 is 0 Å². The lowest BCUT2D eigenvalue weighted by atomic mass is 9.97. The molecule has 1 aliphatic rings. The highest BCUT2D eigenvalue weighted by Gasteiger charge is 2.28. The highest BCUT2D eigenvalue weighted by atomic mass is 35.5. The van der Waals surface area contributed by atoms with E-state index in [1.54, 1.807) is 13.4 Å². The lowest BCUT2D eigenvalue weighted by Gasteiger charge is -2.33. The van der Waals surface area contributed by atoms with Crippen LogP contribution in [-0.2, 0) is 11.2 Å². The van der Waals surface area contributed by atoms with E-state index in [-0.39, 0.29) is 17.1 Å². The number of benzene rings is 1. The summed E-state index contributed by atoms with van der Waals surface area (Å²) in [6, 6.07) is 7.86. The Balaban J connectivity index is 1.39. The maximum Gasteiger partial charge on any atom is 0.226 e. The summed E-state index contributed by atoms with van der Waals surface area (Å²) in [5, 5.41) is 3.22. The molecule has 1 saturated heterocycles. The van der Waals surface area contributed by atoms with E-state index in [1.807, 2.05) is 24.3 Å². The number of methoxy groups -OCH3 is 1. The number of carbonyl (C=O) groups excluding carboxylic acids is 1. The van der Waals surface area contributed by atoms with Crippen LogP contribution in [0, 0.1) is 5.92 Å². The molecule has 1 aromatic carbocycles. The molecule has 1 aliphatic heterocycles. The maximum absolute atomic E-state index is 12.8. The van der Waals surface area contributed by atoms with Crippen LogP contribution in [-0.4, -0.2) is 52.6 Å². The van der Waals surface area contributed by atoms with Crippen LogP contribution in [0.2, 0.25) is 5.28 Å². The number of H-pyrrole nitrogens is 1. The summed E-state index contributed by atoms with van der Waals surface area (Å²) >= 11 is 6.06. The van der Waals surface area contributed by atoms with Crippen molar-refractivity contribution in [3.05, 3.63) is 41.4 Å². The molecule has 9 heteroatoms. The molecule has 0 aliphatic carbocycles. The predicted octanol–water partition coefficient (Wildman–Crippen LogP) is 2.59. The molecule has 29 heavy (non-hydrogen) atoms. The second-order valence-electron chi connectivity index (χ2n) is 7.06. The van der Waals surface area contributed by atoms with Gasteiger partial charge in [-0.1, -0.05) is 18.2 Å². The van der Waals surface area contributed by atoms with E-state index < -0.39 is 0 Å². The van der Waals surface area contributed by atoms with Crippen LogP contribution >= 0.6 is 11.6 Å². The van der Waals surface area contributed by atoms with Crippen LogP contribution in [0.25, 0.3) is 11.2 Å². The fraction of sp³-hybridized carbons (Fsp3) is 0.400. The van der Waals surface area contributed by atoms with Gasteiger partial charge in [-0.2, -0.15) is 9.97 Å². The normalized spacial score (nSPS) is 16.8. The highest BCUT2D eigenvalue weighted by molar-refractivity contribution is 6.28. The molecule has 0 saturated carbocycles. The number of piperidine rings is 1. The van der Waals surface area contributed by atoms with Crippen LogP contribution in [0.3, 0.4) is 0 Å². The molecule has 1 fully saturated rings. The molecule has 2 N–H and O–H groups in total. The molecule has 8 nitrogen and oxygen atoms in total. The van der Waals surface area contributed by atoms with Crippen molar-refractivity contribution in [2.75, 3.05) is 31.6 Å². The van der Waals surface area contributed by atoms with E-state index in [0.717, 1.165) is 42.6 Å². The fourth-order valence-electron chi connectivity index (χ4n) is 3.78. The SMILES string of the molecule is COc1ccccc1CCNC(=O)[C@@H]1CCCN(c2nc(Cl)nc3nc[nH]c23)C1. The van der Waals surface area contributed by atoms with Gasteiger partial charge in [0, 0.05) is 19.6 Å². The summed E-state index contributed by atoms with van der Waals surface area (Å²) in [6.45, 7) is 1.97. The van der Waals surface area contributed by atoms with Gasteiger partial charge in [0.25, 0.3) is 0 Å². The van der Waals surface area contributed by atoms with Gasteiger partial charge in [0.15, 0.2) is 11.5 Å². The number of aromatic nitrogens is 4. The first-order valence-corrected chi connectivity index (χ1v) is 10.0. The van der Waals surface area contributed by atoms with E-state index >= 15 is 0 Å². The zero-order chi connectivity index (χ0) is 20.2. The Kier molecular flexibility index (Phi) is 5.80. The summed E-state index contributed by atoms with van der Waals surface area (Å²) in [6.07, 6.45) is 4.05. The van der Waals surface area contributed by atoms with Crippen LogP contribution in [0.4, 0.5) is 5.82 Å². The topological polar surface area (TPSA) is 96.0 Å². The zero-order valence-corrected chi connectivity index (χ0v) is 16.9. The van der Waals surface area contributed by atoms with Gasteiger partial charge in [-0.25, -0.2) is 4.98 Å². The van der Waals surface area contributed by atoms with Crippen molar-refractivity contribution in [2.24, 2.45) is 5.92 Å². The third-order valence-electron chi connectivity index (χ3n) is 5.22. The van der Waals surface area contributed by atoms with Gasteiger partial charge in [0.05, 0.1) is 19.4 Å². The number of fused-ring (bicyclic) bond motifs is 1. The average Bonchev–Trinajstić information content (AvgIpc) is 3.22. The number of anilines is 1. The number of nitrogens with zero attached hydrogens (tertiary/aromatic N) is 4. The van der Waals surface area contributed by atoms with Crippen molar-refractivity contribution in [3.8, 4) is 5.75 Å². The quantitative estimate of drug-likeness (QED) is 0.602. The van der Waals surface area contributed by atoms with Crippen molar-refractivity contribution in [1.82, 2.24) is 25.3 Å². The first kappa shape index (κ1) is 19.4. The number of halogens is 1. The first-order valence-electron chi connectivity index (χ1n) is 9.67. The Labute approximate surface area is 173 Å². The summed E-state index contributed by atoms with van der Waals surface area (Å²) in [7, 11) is 1.66. The number of carbonyl (C=O) groups is 1. The molecule has 152 valence electrons. The van der Waals surface area contributed by atoms with Crippen LogP contribution in [0.1, 0.15) is 18.4 Å². The second kappa shape index (κ2) is 8.65. The average molecular weight is 415 g/mol. The number of amides is 1. The number of hydrogen-bond donors (Lipinski definition) is 2. The van der Waals surface area contributed by atoms with Gasteiger partial charge < -0.3 is 19.9 Å². The number of hydrogen-bond acceptors (Lipinski definition) is 6. The number of rotatable bonds is 6. The molecule has 3 aromatic rings. The molecule has 2 aromatic heterocycles. The largest absolute Gasteiger partial charge is 0.496 e. The minimum Gasteiger partial charge on any atom is -0.496 e. The van der Waals surface area contributed by atoms with Gasteiger partial charge in [-0.05, 0) is 42.5 Å². The minimum atomic E-state index is -0.104. The lowest BCUT2D eigenvalue weighted by molar-refractivity contribution is -0.125. The molecular formula is C20H23ClN6O2. The summed E-state index contributed by atoms with van der Waals surface area (Å²) in [5.74, 6) is 1.50. The molecule has 0 radical (unpaired) electrons. The van der Waals surface area contributed by atoms with Crippen molar-refractivity contribution in [1.29, 1.82) is 0 Å².